The Balaban J connectivity index is 1.91. The highest BCUT2D eigenvalue weighted by atomic mass is 16.5. The van der Waals surface area contributed by atoms with Crippen molar-refractivity contribution in [2.45, 2.75) is 18.4 Å². The van der Waals surface area contributed by atoms with Crippen molar-refractivity contribution in [3.05, 3.63) is 24.3 Å². The maximum absolute atomic E-state index is 11.7. The van der Waals surface area contributed by atoms with Gasteiger partial charge in [0.25, 0.3) is 0 Å². The van der Waals surface area contributed by atoms with Crippen LogP contribution in [0.4, 0.5) is 11.4 Å². The first-order chi connectivity index (χ1) is 9.03. The second-order valence-corrected chi connectivity index (χ2v) is 4.67. The number of carbonyl (C=O) groups is 2. The molecule has 0 heterocycles. The molecule has 19 heavy (non-hydrogen) atoms. The molecule has 1 aromatic rings. The Hall–Kier alpha value is -1.92. The van der Waals surface area contributed by atoms with Crippen LogP contribution in [0.3, 0.4) is 0 Å². The number of ether oxygens (including phenoxy) is 1. The number of rotatable bonds is 5. The fourth-order valence-corrected chi connectivity index (χ4v) is 1.58. The summed E-state index contributed by atoms with van der Waals surface area (Å²) in [5.74, 6) is -0.387. The lowest BCUT2D eigenvalue weighted by atomic mass is 10.2. The molecule has 2 amide bonds. The minimum Gasteiger partial charge on any atom is -0.375 e. The third-order valence-electron chi connectivity index (χ3n) is 2.94. The summed E-state index contributed by atoms with van der Waals surface area (Å²) in [6, 6.07) is 6.84. The van der Waals surface area contributed by atoms with Crippen LogP contribution in [-0.2, 0) is 14.3 Å². The third kappa shape index (κ3) is 3.52. The van der Waals surface area contributed by atoms with E-state index in [0.717, 1.165) is 12.8 Å². The molecule has 0 spiro atoms. The zero-order valence-electron chi connectivity index (χ0n) is 10.7. The van der Waals surface area contributed by atoms with Crippen LogP contribution in [0.25, 0.3) is 0 Å². The first kappa shape index (κ1) is 13.5. The van der Waals surface area contributed by atoms with E-state index in [9.17, 15) is 9.59 Å². The molecule has 0 saturated heterocycles. The van der Waals surface area contributed by atoms with E-state index in [4.69, 9.17) is 10.5 Å². The number of hydrogen-bond donors (Lipinski definition) is 3. The van der Waals surface area contributed by atoms with Crippen LogP contribution in [-0.4, -0.2) is 31.1 Å². The lowest BCUT2D eigenvalue weighted by Gasteiger charge is -2.10. The minimum atomic E-state index is -0.689. The highest BCUT2D eigenvalue weighted by Gasteiger charge is 2.45. The van der Waals surface area contributed by atoms with E-state index in [1.54, 1.807) is 24.3 Å². The van der Waals surface area contributed by atoms with Gasteiger partial charge in [0.1, 0.15) is 6.61 Å². The van der Waals surface area contributed by atoms with E-state index < -0.39 is 5.54 Å². The molecule has 1 aromatic carbocycles. The molecular weight excluding hydrogens is 246 g/mol. The highest BCUT2D eigenvalue weighted by Crippen LogP contribution is 2.33. The summed E-state index contributed by atoms with van der Waals surface area (Å²) >= 11 is 0. The summed E-state index contributed by atoms with van der Waals surface area (Å²) in [5.41, 5.74) is 6.40. The summed E-state index contributed by atoms with van der Waals surface area (Å²) in [7, 11) is 1.46. The number of carbonyl (C=O) groups excluding carboxylic acids is 2. The van der Waals surface area contributed by atoms with E-state index in [1.165, 1.54) is 7.11 Å². The topological polar surface area (TPSA) is 93.5 Å². The van der Waals surface area contributed by atoms with E-state index >= 15 is 0 Å². The van der Waals surface area contributed by atoms with Crippen molar-refractivity contribution >= 4 is 23.2 Å². The first-order valence-corrected chi connectivity index (χ1v) is 6.03. The third-order valence-corrected chi connectivity index (χ3v) is 2.94. The molecule has 1 aliphatic rings. The summed E-state index contributed by atoms with van der Waals surface area (Å²) in [5, 5.41) is 5.41. The smallest absolute Gasteiger partial charge is 0.250 e. The Bertz CT molecular complexity index is 480. The fraction of sp³-hybridized carbons (Fsp3) is 0.385. The zero-order chi connectivity index (χ0) is 13.9. The van der Waals surface area contributed by atoms with Crippen molar-refractivity contribution in [3.8, 4) is 0 Å². The molecule has 102 valence electrons. The number of nitrogens with two attached hydrogens (primary N) is 1. The van der Waals surface area contributed by atoms with Crippen molar-refractivity contribution < 1.29 is 14.3 Å². The Kier molecular flexibility index (Phi) is 3.82. The second-order valence-electron chi connectivity index (χ2n) is 4.67. The Morgan fingerprint density at radius 2 is 1.74 bits per heavy atom. The first-order valence-electron chi connectivity index (χ1n) is 6.03. The predicted molar refractivity (Wildman–Crippen MR) is 71.7 cm³/mol. The summed E-state index contributed by atoms with van der Waals surface area (Å²) in [6.07, 6.45) is 1.45. The van der Waals surface area contributed by atoms with Gasteiger partial charge in [-0.15, -0.1) is 0 Å². The van der Waals surface area contributed by atoms with Gasteiger partial charge >= 0.3 is 0 Å². The highest BCUT2D eigenvalue weighted by molar-refractivity contribution is 6.00. The van der Waals surface area contributed by atoms with Crippen LogP contribution in [0.5, 0.6) is 0 Å². The molecule has 0 aliphatic heterocycles. The van der Waals surface area contributed by atoms with Gasteiger partial charge in [-0.1, -0.05) is 0 Å². The van der Waals surface area contributed by atoms with Gasteiger partial charge in [0, 0.05) is 18.5 Å². The van der Waals surface area contributed by atoms with Crippen LogP contribution in [0.2, 0.25) is 0 Å². The SMILES string of the molecule is COCC(=O)Nc1ccc(NC(=O)C2(N)CC2)cc1. The molecule has 0 radical (unpaired) electrons. The molecule has 6 nitrogen and oxygen atoms in total. The number of methoxy groups -OCH3 is 1. The fourth-order valence-electron chi connectivity index (χ4n) is 1.58. The van der Waals surface area contributed by atoms with Gasteiger partial charge in [-0.3, -0.25) is 9.59 Å². The lowest BCUT2D eigenvalue weighted by molar-refractivity contribution is -0.120. The van der Waals surface area contributed by atoms with E-state index in [-0.39, 0.29) is 18.4 Å². The van der Waals surface area contributed by atoms with Crippen molar-refractivity contribution in [1.82, 2.24) is 0 Å². The van der Waals surface area contributed by atoms with Gasteiger partial charge in [-0.25, -0.2) is 0 Å². The minimum absolute atomic E-state index is 0.00812. The molecule has 0 bridgehead atoms. The van der Waals surface area contributed by atoms with Gasteiger partial charge in [0.15, 0.2) is 0 Å². The molecule has 0 unspecified atom stereocenters. The largest absolute Gasteiger partial charge is 0.375 e. The molecule has 0 aromatic heterocycles. The summed E-state index contributed by atoms with van der Waals surface area (Å²) in [6.45, 7) is 0.00812. The number of nitrogens with one attached hydrogen (secondary N) is 2. The molecule has 1 aliphatic carbocycles. The second kappa shape index (κ2) is 5.38. The lowest BCUT2D eigenvalue weighted by Crippen LogP contribution is -2.37. The number of amides is 2. The zero-order valence-corrected chi connectivity index (χ0v) is 10.7. The Morgan fingerprint density at radius 1 is 1.21 bits per heavy atom. The molecule has 0 atom stereocenters. The van der Waals surface area contributed by atoms with E-state index in [0.29, 0.717) is 11.4 Å². The Labute approximate surface area is 111 Å². The van der Waals surface area contributed by atoms with Gasteiger partial charge in [-0.2, -0.15) is 0 Å². The summed E-state index contributed by atoms with van der Waals surface area (Å²) < 4.78 is 4.71. The number of benzene rings is 1. The van der Waals surface area contributed by atoms with E-state index in [1.807, 2.05) is 0 Å². The van der Waals surface area contributed by atoms with Gasteiger partial charge in [0.05, 0.1) is 5.54 Å². The van der Waals surface area contributed by atoms with Crippen LogP contribution < -0.4 is 16.4 Å². The van der Waals surface area contributed by atoms with Crippen LogP contribution >= 0.6 is 0 Å². The van der Waals surface area contributed by atoms with Gasteiger partial charge < -0.3 is 21.1 Å². The number of anilines is 2. The maximum Gasteiger partial charge on any atom is 0.250 e. The van der Waals surface area contributed by atoms with Crippen molar-refractivity contribution in [3.63, 3.8) is 0 Å². The average Bonchev–Trinajstić information content (AvgIpc) is 3.11. The molecule has 6 heteroatoms. The van der Waals surface area contributed by atoms with Crippen molar-refractivity contribution in [2.75, 3.05) is 24.4 Å². The molecular formula is C13H17N3O3. The van der Waals surface area contributed by atoms with E-state index in [2.05, 4.69) is 10.6 Å². The monoisotopic (exact) mass is 263 g/mol. The molecule has 1 saturated carbocycles. The summed E-state index contributed by atoms with van der Waals surface area (Å²) in [4.78, 5) is 23.0. The maximum atomic E-state index is 11.7. The van der Waals surface area contributed by atoms with Crippen LogP contribution in [0.15, 0.2) is 24.3 Å². The predicted octanol–water partition coefficient (Wildman–Crippen LogP) is 0.701. The van der Waals surface area contributed by atoms with Crippen molar-refractivity contribution in [2.24, 2.45) is 5.73 Å². The van der Waals surface area contributed by atoms with Crippen LogP contribution in [0.1, 0.15) is 12.8 Å². The molecule has 1 fully saturated rings. The Morgan fingerprint density at radius 3 is 2.21 bits per heavy atom. The van der Waals surface area contributed by atoms with Gasteiger partial charge in [0.2, 0.25) is 11.8 Å². The quantitative estimate of drug-likeness (QED) is 0.729. The van der Waals surface area contributed by atoms with Crippen LogP contribution in [0, 0.1) is 0 Å². The average molecular weight is 263 g/mol. The standard InChI is InChI=1S/C13H17N3O3/c1-19-8-11(17)15-9-2-4-10(5-3-9)16-12(18)13(14)6-7-13/h2-5H,6-8,14H2,1H3,(H,15,17)(H,16,18). The molecule has 4 N–H and O–H groups in total. The van der Waals surface area contributed by atoms with Gasteiger partial charge in [-0.05, 0) is 37.1 Å². The normalized spacial score (nSPS) is 15.7. The van der Waals surface area contributed by atoms with Crippen molar-refractivity contribution in [1.29, 1.82) is 0 Å². The molecule has 2 rings (SSSR count). The number of hydrogen-bond acceptors (Lipinski definition) is 4.